The second kappa shape index (κ2) is 9.13. The van der Waals surface area contributed by atoms with E-state index < -0.39 is 5.91 Å². The molecule has 144 valence electrons. The first-order valence-electron chi connectivity index (χ1n) is 9.41. The first-order valence-corrected chi connectivity index (χ1v) is 9.41. The molecular formula is C23H23FN2O2. The van der Waals surface area contributed by atoms with Crippen LogP contribution < -0.4 is 10.9 Å². The lowest BCUT2D eigenvalue weighted by Crippen LogP contribution is -2.29. The van der Waals surface area contributed by atoms with E-state index in [2.05, 4.69) is 12.2 Å². The van der Waals surface area contributed by atoms with E-state index >= 15 is 0 Å². The van der Waals surface area contributed by atoms with E-state index in [9.17, 15) is 14.0 Å². The lowest BCUT2D eigenvalue weighted by atomic mass is 10.1. The zero-order chi connectivity index (χ0) is 19.9. The summed E-state index contributed by atoms with van der Waals surface area (Å²) in [5.41, 5.74) is 2.34. The van der Waals surface area contributed by atoms with Gasteiger partial charge < -0.3 is 9.88 Å². The van der Waals surface area contributed by atoms with Crippen LogP contribution in [0.3, 0.4) is 0 Å². The molecule has 1 heterocycles. The third kappa shape index (κ3) is 4.94. The van der Waals surface area contributed by atoms with Gasteiger partial charge in [0.2, 0.25) is 0 Å². The molecule has 0 radical (unpaired) electrons. The van der Waals surface area contributed by atoms with Crippen LogP contribution >= 0.6 is 0 Å². The summed E-state index contributed by atoms with van der Waals surface area (Å²) in [6, 6.07) is 16.8. The Bertz CT molecular complexity index is 992. The summed E-state index contributed by atoms with van der Waals surface area (Å²) < 4.78 is 14.5. The van der Waals surface area contributed by atoms with E-state index in [1.165, 1.54) is 28.3 Å². The molecule has 0 aliphatic rings. The van der Waals surface area contributed by atoms with Gasteiger partial charge in [-0.1, -0.05) is 37.6 Å². The number of nitrogens with zero attached hydrogens (tertiary/aromatic N) is 1. The minimum absolute atomic E-state index is 0.0691. The van der Waals surface area contributed by atoms with E-state index in [1.807, 2.05) is 24.3 Å². The first-order chi connectivity index (χ1) is 13.6. The topological polar surface area (TPSA) is 51.1 Å². The summed E-state index contributed by atoms with van der Waals surface area (Å²) in [6.07, 6.45) is 4.89. The standard InChI is InChI=1S/C23H23FN2O2/c1-2-3-5-17-9-13-20(14-10-17)25-22(27)21-6-4-15-26(23(21)28)16-18-7-11-19(24)12-8-18/h4,6-15H,2-3,5,16H2,1H3,(H,25,27). The van der Waals surface area contributed by atoms with Crippen molar-refractivity contribution in [1.82, 2.24) is 4.57 Å². The molecule has 0 aliphatic carbocycles. The van der Waals surface area contributed by atoms with Crippen molar-refractivity contribution < 1.29 is 9.18 Å². The van der Waals surface area contributed by atoms with Crippen molar-refractivity contribution in [1.29, 1.82) is 0 Å². The second-order valence-corrected chi connectivity index (χ2v) is 6.74. The molecule has 0 atom stereocenters. The number of benzene rings is 2. The van der Waals surface area contributed by atoms with Gasteiger partial charge in [-0.15, -0.1) is 0 Å². The number of halogens is 1. The van der Waals surface area contributed by atoms with Crippen molar-refractivity contribution in [3.63, 3.8) is 0 Å². The molecule has 1 aromatic heterocycles. The Morgan fingerprint density at radius 3 is 2.36 bits per heavy atom. The van der Waals surface area contributed by atoms with Crippen molar-refractivity contribution in [2.75, 3.05) is 5.32 Å². The minimum Gasteiger partial charge on any atom is -0.322 e. The molecule has 0 saturated heterocycles. The fraction of sp³-hybridized carbons (Fsp3) is 0.217. The number of aryl methyl sites for hydroxylation is 1. The molecule has 2 aromatic carbocycles. The SMILES string of the molecule is CCCCc1ccc(NC(=O)c2cccn(Cc3ccc(F)cc3)c2=O)cc1. The summed E-state index contributed by atoms with van der Waals surface area (Å²) in [6.45, 7) is 2.42. The van der Waals surface area contributed by atoms with Crippen LogP contribution in [0.2, 0.25) is 0 Å². The maximum atomic E-state index is 13.0. The Balaban J connectivity index is 1.73. The molecule has 28 heavy (non-hydrogen) atoms. The largest absolute Gasteiger partial charge is 0.322 e. The molecule has 1 N–H and O–H groups in total. The Hall–Kier alpha value is -3.21. The number of anilines is 1. The summed E-state index contributed by atoms with van der Waals surface area (Å²) >= 11 is 0. The summed E-state index contributed by atoms with van der Waals surface area (Å²) in [5, 5.41) is 2.78. The molecule has 4 nitrogen and oxygen atoms in total. The average Bonchev–Trinajstić information content (AvgIpc) is 2.70. The van der Waals surface area contributed by atoms with E-state index in [-0.39, 0.29) is 23.5 Å². The molecular weight excluding hydrogens is 355 g/mol. The quantitative estimate of drug-likeness (QED) is 0.652. The van der Waals surface area contributed by atoms with Gasteiger partial charge in [0, 0.05) is 11.9 Å². The number of carbonyl (C=O) groups excluding carboxylic acids is 1. The maximum Gasteiger partial charge on any atom is 0.263 e. The third-order valence-electron chi connectivity index (χ3n) is 4.56. The molecule has 1 amide bonds. The Morgan fingerprint density at radius 1 is 1.00 bits per heavy atom. The number of hydrogen-bond acceptors (Lipinski definition) is 2. The molecule has 0 saturated carbocycles. The van der Waals surface area contributed by atoms with Crippen LogP contribution in [0, 0.1) is 5.82 Å². The number of pyridine rings is 1. The number of aromatic nitrogens is 1. The Labute approximate surface area is 163 Å². The van der Waals surface area contributed by atoms with Gasteiger partial charge in [-0.2, -0.15) is 0 Å². The highest BCUT2D eigenvalue weighted by Gasteiger charge is 2.12. The molecule has 0 aliphatic heterocycles. The zero-order valence-corrected chi connectivity index (χ0v) is 15.8. The van der Waals surface area contributed by atoms with E-state index in [0.29, 0.717) is 5.69 Å². The van der Waals surface area contributed by atoms with Crippen LogP contribution in [-0.4, -0.2) is 10.5 Å². The lowest BCUT2D eigenvalue weighted by Gasteiger charge is -2.09. The third-order valence-corrected chi connectivity index (χ3v) is 4.56. The molecule has 5 heteroatoms. The van der Waals surface area contributed by atoms with Crippen molar-refractivity contribution in [3.8, 4) is 0 Å². The van der Waals surface area contributed by atoms with Crippen LogP contribution in [0.5, 0.6) is 0 Å². The fourth-order valence-corrected chi connectivity index (χ4v) is 2.95. The zero-order valence-electron chi connectivity index (χ0n) is 15.8. The normalized spacial score (nSPS) is 10.6. The number of hydrogen-bond donors (Lipinski definition) is 1. The van der Waals surface area contributed by atoms with Gasteiger partial charge in [-0.3, -0.25) is 9.59 Å². The van der Waals surface area contributed by atoms with Gasteiger partial charge >= 0.3 is 0 Å². The smallest absolute Gasteiger partial charge is 0.263 e. The summed E-state index contributed by atoms with van der Waals surface area (Å²) in [5.74, 6) is -0.773. The summed E-state index contributed by atoms with van der Waals surface area (Å²) in [7, 11) is 0. The molecule has 0 spiro atoms. The van der Waals surface area contributed by atoms with Gasteiger partial charge in [0.15, 0.2) is 0 Å². The van der Waals surface area contributed by atoms with E-state index in [1.54, 1.807) is 24.4 Å². The highest BCUT2D eigenvalue weighted by molar-refractivity contribution is 6.03. The van der Waals surface area contributed by atoms with Crippen molar-refractivity contribution in [2.24, 2.45) is 0 Å². The molecule has 0 fully saturated rings. The molecule has 0 unspecified atom stereocenters. The van der Waals surface area contributed by atoms with Gasteiger partial charge in [0.25, 0.3) is 11.5 Å². The number of amides is 1. The maximum absolute atomic E-state index is 13.0. The van der Waals surface area contributed by atoms with Crippen LogP contribution in [0.15, 0.2) is 71.7 Å². The van der Waals surface area contributed by atoms with Crippen molar-refractivity contribution >= 4 is 11.6 Å². The van der Waals surface area contributed by atoms with Gasteiger partial charge in [0.05, 0.1) is 6.54 Å². The number of unbranched alkanes of at least 4 members (excludes halogenated alkanes) is 1. The van der Waals surface area contributed by atoms with E-state index in [4.69, 9.17) is 0 Å². The monoisotopic (exact) mass is 378 g/mol. The minimum atomic E-state index is -0.445. The highest BCUT2D eigenvalue weighted by Crippen LogP contribution is 2.13. The van der Waals surface area contributed by atoms with Crippen molar-refractivity contribution in [2.45, 2.75) is 32.7 Å². The predicted octanol–water partition coefficient (Wildman–Crippen LogP) is 4.63. The van der Waals surface area contributed by atoms with Crippen LogP contribution in [0.25, 0.3) is 0 Å². The molecule has 0 bridgehead atoms. The van der Waals surface area contributed by atoms with Crippen molar-refractivity contribution in [3.05, 3.63) is 99.7 Å². The van der Waals surface area contributed by atoms with Gasteiger partial charge in [-0.05, 0) is 60.4 Å². The predicted molar refractivity (Wildman–Crippen MR) is 109 cm³/mol. The summed E-state index contributed by atoms with van der Waals surface area (Å²) in [4.78, 5) is 25.2. The molecule has 3 aromatic rings. The number of rotatable bonds is 7. The lowest BCUT2D eigenvalue weighted by molar-refractivity contribution is 0.102. The highest BCUT2D eigenvalue weighted by atomic mass is 19.1. The van der Waals surface area contributed by atoms with Crippen LogP contribution in [-0.2, 0) is 13.0 Å². The van der Waals surface area contributed by atoms with Gasteiger partial charge in [-0.25, -0.2) is 4.39 Å². The van der Waals surface area contributed by atoms with Gasteiger partial charge in [0.1, 0.15) is 11.4 Å². The van der Waals surface area contributed by atoms with Crippen LogP contribution in [0.4, 0.5) is 10.1 Å². The van der Waals surface area contributed by atoms with E-state index in [0.717, 1.165) is 24.8 Å². The average molecular weight is 378 g/mol. The number of carbonyl (C=O) groups is 1. The Kier molecular flexibility index (Phi) is 6.37. The molecule has 3 rings (SSSR count). The first kappa shape index (κ1) is 19.5. The number of nitrogens with one attached hydrogen (secondary N) is 1. The second-order valence-electron chi connectivity index (χ2n) is 6.74. The van der Waals surface area contributed by atoms with Crippen LogP contribution in [0.1, 0.15) is 41.3 Å². The fourth-order valence-electron chi connectivity index (χ4n) is 2.95. The Morgan fingerprint density at radius 2 is 1.68 bits per heavy atom.